The number of para-hydroxylation sites is 1. The average Bonchev–Trinajstić information content (AvgIpc) is 3.04. The Balaban J connectivity index is 1.57. The minimum atomic E-state index is -0.0143. The molecule has 2 heteroatoms. The van der Waals surface area contributed by atoms with Gasteiger partial charge in [0, 0.05) is 18.2 Å². The van der Waals surface area contributed by atoms with Crippen LogP contribution in [0.15, 0.2) is 48.0 Å². The van der Waals surface area contributed by atoms with E-state index < -0.39 is 0 Å². The molecule has 0 aromatic heterocycles. The van der Waals surface area contributed by atoms with Crippen molar-refractivity contribution < 1.29 is 0 Å². The molecule has 2 N–H and O–H groups in total. The van der Waals surface area contributed by atoms with Gasteiger partial charge >= 0.3 is 0 Å². The summed E-state index contributed by atoms with van der Waals surface area (Å²) in [6.07, 6.45) is 10.7. The molecule has 2 saturated carbocycles. The Bertz CT molecular complexity index is 1030. The van der Waals surface area contributed by atoms with Crippen LogP contribution in [0.25, 0.3) is 0 Å². The van der Waals surface area contributed by atoms with Crippen LogP contribution >= 0.6 is 0 Å². The van der Waals surface area contributed by atoms with Crippen LogP contribution in [0.4, 0.5) is 17.1 Å². The van der Waals surface area contributed by atoms with Crippen molar-refractivity contribution in [2.75, 3.05) is 17.7 Å². The van der Waals surface area contributed by atoms with Crippen LogP contribution in [0.5, 0.6) is 0 Å². The fourth-order valence-corrected chi connectivity index (χ4v) is 7.01. The molecule has 4 unspecified atom stereocenters. The first-order valence-electron chi connectivity index (χ1n) is 12.8. The van der Waals surface area contributed by atoms with Gasteiger partial charge < -0.3 is 10.6 Å². The molecule has 0 amide bonds. The summed E-state index contributed by atoms with van der Waals surface area (Å²) in [4.78, 5) is 0. The fraction of sp³-hybridized carbons (Fsp3) is 0.533. The normalized spacial score (nSPS) is 27.0. The molecule has 0 heterocycles. The Hall–Kier alpha value is -2.22. The summed E-state index contributed by atoms with van der Waals surface area (Å²) in [5.41, 5.74) is 9.70. The van der Waals surface area contributed by atoms with E-state index in [4.69, 9.17) is 0 Å². The Morgan fingerprint density at radius 1 is 0.906 bits per heavy atom. The second-order valence-corrected chi connectivity index (χ2v) is 11.1. The predicted molar refractivity (Wildman–Crippen MR) is 138 cm³/mol. The van der Waals surface area contributed by atoms with Crippen molar-refractivity contribution in [2.45, 2.75) is 83.5 Å². The van der Waals surface area contributed by atoms with E-state index in [1.807, 2.05) is 0 Å². The monoisotopic (exact) mass is 428 g/mol. The highest BCUT2D eigenvalue weighted by Gasteiger charge is 2.42. The number of anilines is 3. The number of rotatable bonds is 5. The molecule has 2 fully saturated rings. The molecule has 3 aliphatic rings. The average molecular weight is 429 g/mol. The van der Waals surface area contributed by atoms with E-state index in [0.29, 0.717) is 0 Å². The van der Waals surface area contributed by atoms with Gasteiger partial charge in [0.05, 0.1) is 11.4 Å². The molecule has 3 bridgehead atoms. The van der Waals surface area contributed by atoms with Crippen LogP contribution in [0.2, 0.25) is 0 Å². The minimum absolute atomic E-state index is 0.0143. The molecule has 0 aliphatic heterocycles. The van der Waals surface area contributed by atoms with Gasteiger partial charge in [0.1, 0.15) is 0 Å². The van der Waals surface area contributed by atoms with Crippen LogP contribution < -0.4 is 10.6 Å². The van der Waals surface area contributed by atoms with Crippen LogP contribution in [-0.2, 0) is 5.41 Å². The summed E-state index contributed by atoms with van der Waals surface area (Å²) in [5, 5.41) is 7.40. The fourth-order valence-electron chi connectivity index (χ4n) is 7.01. The second kappa shape index (κ2) is 8.28. The van der Waals surface area contributed by atoms with E-state index in [1.165, 1.54) is 66.7 Å². The number of benzene rings is 2. The van der Waals surface area contributed by atoms with E-state index in [-0.39, 0.29) is 5.41 Å². The smallest absolute Gasteiger partial charge is 0.0623 e. The third-order valence-corrected chi connectivity index (χ3v) is 9.22. The van der Waals surface area contributed by atoms with Gasteiger partial charge in [-0.15, -0.1) is 0 Å². The molecule has 4 atom stereocenters. The van der Waals surface area contributed by atoms with Gasteiger partial charge in [0.2, 0.25) is 0 Å². The minimum Gasteiger partial charge on any atom is -0.386 e. The molecule has 32 heavy (non-hydrogen) atoms. The zero-order valence-corrected chi connectivity index (χ0v) is 20.6. The molecule has 3 aliphatic carbocycles. The Labute approximate surface area is 194 Å². The van der Waals surface area contributed by atoms with Crippen molar-refractivity contribution in [2.24, 2.45) is 11.8 Å². The number of hydrogen-bond acceptors (Lipinski definition) is 2. The van der Waals surface area contributed by atoms with Crippen molar-refractivity contribution in [3.05, 3.63) is 64.7 Å². The van der Waals surface area contributed by atoms with Gasteiger partial charge in [-0.1, -0.05) is 56.5 Å². The van der Waals surface area contributed by atoms with Crippen molar-refractivity contribution in [1.29, 1.82) is 0 Å². The largest absolute Gasteiger partial charge is 0.386 e. The molecule has 2 aromatic carbocycles. The number of hydrogen-bond donors (Lipinski definition) is 2. The molecule has 0 radical (unpaired) electrons. The van der Waals surface area contributed by atoms with Crippen molar-refractivity contribution in [3.63, 3.8) is 0 Å². The Kier molecular flexibility index (Phi) is 5.60. The zero-order chi connectivity index (χ0) is 22.5. The number of allylic oxidation sites excluding steroid dienone is 2. The van der Waals surface area contributed by atoms with E-state index in [2.05, 4.69) is 87.9 Å². The number of fused-ring (bicyclic) bond motifs is 5. The first-order chi connectivity index (χ1) is 15.4. The highest BCUT2D eigenvalue weighted by molar-refractivity contribution is 5.78. The Morgan fingerprint density at radius 3 is 2.38 bits per heavy atom. The quantitative estimate of drug-likeness (QED) is 0.466. The second-order valence-electron chi connectivity index (χ2n) is 11.1. The van der Waals surface area contributed by atoms with Crippen molar-refractivity contribution in [3.8, 4) is 0 Å². The van der Waals surface area contributed by atoms with Crippen LogP contribution in [0, 0.1) is 11.8 Å². The molecule has 5 rings (SSSR count). The third kappa shape index (κ3) is 3.56. The summed E-state index contributed by atoms with van der Waals surface area (Å²) < 4.78 is 0. The maximum Gasteiger partial charge on any atom is 0.0623 e. The van der Waals surface area contributed by atoms with Gasteiger partial charge in [0.15, 0.2) is 0 Å². The SMILES string of the molecule is C/C=C(\C)C(C)(C)c1ccccc1Nc1cc2c(cc1NC)C1CCCC3CC2CC3C1. The maximum absolute atomic E-state index is 3.88. The topological polar surface area (TPSA) is 24.1 Å². The summed E-state index contributed by atoms with van der Waals surface area (Å²) in [6.45, 7) is 9.05. The van der Waals surface area contributed by atoms with Gasteiger partial charge in [-0.05, 0) is 98.1 Å². The first-order valence-corrected chi connectivity index (χ1v) is 12.8. The zero-order valence-electron chi connectivity index (χ0n) is 20.6. The lowest BCUT2D eigenvalue weighted by Crippen LogP contribution is -2.20. The number of nitrogens with one attached hydrogen (secondary N) is 2. The first kappa shape index (κ1) is 21.6. The summed E-state index contributed by atoms with van der Waals surface area (Å²) >= 11 is 0. The standard InChI is InChI=1S/C30H40N2/c1-6-19(2)30(3,4)26-12-7-8-13-27(26)32-29-18-25-23-14-20-10-9-11-21(15-22(20)16-23)24(25)17-28(29)31-5/h6-8,12-13,17-18,20-23,31-32H,9-11,14-16H2,1-5H3/b19-6+. The lowest BCUT2D eigenvalue weighted by atomic mass is 9.77. The van der Waals surface area contributed by atoms with Gasteiger partial charge in [-0.25, -0.2) is 0 Å². The molecule has 0 saturated heterocycles. The highest BCUT2D eigenvalue weighted by atomic mass is 14.9. The molecular weight excluding hydrogens is 388 g/mol. The molecule has 170 valence electrons. The van der Waals surface area contributed by atoms with Crippen LogP contribution in [0.1, 0.15) is 94.7 Å². The van der Waals surface area contributed by atoms with Crippen LogP contribution in [-0.4, -0.2) is 7.05 Å². The van der Waals surface area contributed by atoms with E-state index in [1.54, 1.807) is 11.1 Å². The molecule has 2 aromatic rings. The van der Waals surface area contributed by atoms with Gasteiger partial charge in [0.25, 0.3) is 0 Å². The van der Waals surface area contributed by atoms with E-state index >= 15 is 0 Å². The lowest BCUT2D eigenvalue weighted by Gasteiger charge is -2.30. The molecule has 0 spiro atoms. The summed E-state index contributed by atoms with van der Waals surface area (Å²) in [6, 6.07) is 13.8. The van der Waals surface area contributed by atoms with E-state index in [9.17, 15) is 0 Å². The van der Waals surface area contributed by atoms with Gasteiger partial charge in [-0.2, -0.15) is 0 Å². The third-order valence-electron chi connectivity index (χ3n) is 9.22. The predicted octanol–water partition coefficient (Wildman–Crippen LogP) is 8.50. The van der Waals surface area contributed by atoms with Crippen LogP contribution in [0.3, 0.4) is 0 Å². The molecular formula is C30H40N2. The summed E-state index contributed by atoms with van der Waals surface area (Å²) in [7, 11) is 2.07. The van der Waals surface area contributed by atoms with E-state index in [0.717, 1.165) is 23.7 Å². The Morgan fingerprint density at radius 2 is 1.59 bits per heavy atom. The summed E-state index contributed by atoms with van der Waals surface area (Å²) in [5.74, 6) is 3.45. The van der Waals surface area contributed by atoms with Gasteiger partial charge in [-0.3, -0.25) is 0 Å². The molecule has 2 nitrogen and oxygen atoms in total. The van der Waals surface area contributed by atoms with Crippen molar-refractivity contribution in [1.82, 2.24) is 0 Å². The van der Waals surface area contributed by atoms with Crippen molar-refractivity contribution >= 4 is 17.1 Å². The highest BCUT2D eigenvalue weighted by Crippen LogP contribution is 2.56. The lowest BCUT2D eigenvalue weighted by molar-refractivity contribution is 0.357. The maximum atomic E-state index is 3.88.